The maximum Gasteiger partial charge on any atom is 0.230 e. The van der Waals surface area contributed by atoms with E-state index in [-0.39, 0.29) is 17.5 Å². The van der Waals surface area contributed by atoms with Crippen molar-refractivity contribution in [3.63, 3.8) is 0 Å². The van der Waals surface area contributed by atoms with Gasteiger partial charge < -0.3 is 10.1 Å². The minimum atomic E-state index is -0.333. The van der Waals surface area contributed by atoms with Crippen LogP contribution in [-0.2, 0) is 15.3 Å². The summed E-state index contributed by atoms with van der Waals surface area (Å²) in [6, 6.07) is 4.58. The van der Waals surface area contributed by atoms with Crippen LogP contribution in [0.25, 0.3) is 0 Å². The van der Waals surface area contributed by atoms with E-state index in [2.05, 4.69) is 5.32 Å². The molecule has 1 rings (SSSR count). The number of nitrogens with one attached hydrogen (secondary N) is 1. The van der Waals surface area contributed by atoms with Gasteiger partial charge in [0.15, 0.2) is 0 Å². The molecule has 1 aromatic rings. The molecule has 0 aliphatic carbocycles. The first-order valence-electron chi connectivity index (χ1n) is 5.91. The number of benzene rings is 1. The molecule has 106 valence electrons. The molecule has 0 aliphatic heterocycles. The molecule has 0 atom stereocenters. The number of amides is 1. The lowest BCUT2D eigenvalue weighted by Crippen LogP contribution is -2.26. The van der Waals surface area contributed by atoms with E-state index in [0.717, 1.165) is 6.42 Å². The van der Waals surface area contributed by atoms with Crippen LogP contribution in [0.5, 0.6) is 0 Å². The molecular weight excluding hydrogens is 289 g/mol. The Bertz CT molecular complexity index is 397. The van der Waals surface area contributed by atoms with Crippen LogP contribution in [-0.4, -0.2) is 31.9 Å². The summed E-state index contributed by atoms with van der Waals surface area (Å²) in [6.07, 6.45) is 0.784. The Hall–Kier alpha value is -0.780. The zero-order valence-corrected chi connectivity index (χ0v) is 12.3. The molecule has 0 saturated carbocycles. The molecule has 1 N–H and O–H groups in total. The molecule has 6 heteroatoms. The Morgan fingerprint density at radius 2 is 2.32 bits per heavy atom. The Labute approximate surface area is 121 Å². The SMILES string of the molecule is COCCCNC(=O)CSCc1c(F)cccc1Cl. The van der Waals surface area contributed by atoms with E-state index in [0.29, 0.717) is 29.5 Å². The molecule has 1 aromatic carbocycles. The predicted molar refractivity (Wildman–Crippen MR) is 77.1 cm³/mol. The molecule has 0 fully saturated rings. The van der Waals surface area contributed by atoms with Gasteiger partial charge in [0.2, 0.25) is 5.91 Å². The Morgan fingerprint density at radius 3 is 3.00 bits per heavy atom. The lowest BCUT2D eigenvalue weighted by molar-refractivity contribution is -0.118. The number of rotatable bonds is 8. The van der Waals surface area contributed by atoms with E-state index in [1.165, 1.54) is 17.8 Å². The van der Waals surface area contributed by atoms with Crippen LogP contribution >= 0.6 is 23.4 Å². The zero-order chi connectivity index (χ0) is 14.1. The summed E-state index contributed by atoms with van der Waals surface area (Å²) in [5.74, 6) is 0.281. The standard InChI is InChI=1S/C13H17ClFNO2S/c1-18-7-3-6-16-13(17)9-19-8-10-11(14)4-2-5-12(10)15/h2,4-5H,3,6-9H2,1H3,(H,16,17). The van der Waals surface area contributed by atoms with Gasteiger partial charge in [-0.1, -0.05) is 17.7 Å². The minimum absolute atomic E-state index is 0.0615. The van der Waals surface area contributed by atoms with Gasteiger partial charge in [-0.05, 0) is 18.6 Å². The molecule has 0 heterocycles. The third-order valence-electron chi connectivity index (χ3n) is 2.39. The van der Waals surface area contributed by atoms with Crippen molar-refractivity contribution < 1.29 is 13.9 Å². The van der Waals surface area contributed by atoms with E-state index in [4.69, 9.17) is 16.3 Å². The summed E-state index contributed by atoms with van der Waals surface area (Å²) in [4.78, 5) is 11.5. The van der Waals surface area contributed by atoms with Crippen molar-refractivity contribution in [1.29, 1.82) is 0 Å². The lowest BCUT2D eigenvalue weighted by atomic mass is 10.2. The van der Waals surface area contributed by atoms with Crippen molar-refractivity contribution in [2.45, 2.75) is 12.2 Å². The molecule has 0 unspecified atom stereocenters. The van der Waals surface area contributed by atoms with Crippen LogP contribution in [0.1, 0.15) is 12.0 Å². The van der Waals surface area contributed by atoms with Gasteiger partial charge in [-0.2, -0.15) is 0 Å². The van der Waals surface area contributed by atoms with Crippen LogP contribution in [0, 0.1) is 5.82 Å². The Kier molecular flexibility index (Phi) is 7.86. The summed E-state index contributed by atoms with van der Waals surface area (Å²) in [5.41, 5.74) is 0.446. The topological polar surface area (TPSA) is 38.3 Å². The highest BCUT2D eigenvalue weighted by Crippen LogP contribution is 2.23. The first-order valence-corrected chi connectivity index (χ1v) is 7.44. The zero-order valence-electron chi connectivity index (χ0n) is 10.7. The van der Waals surface area contributed by atoms with E-state index >= 15 is 0 Å². The molecule has 19 heavy (non-hydrogen) atoms. The fourth-order valence-corrected chi connectivity index (χ4v) is 2.61. The third-order valence-corrected chi connectivity index (χ3v) is 3.70. The summed E-state index contributed by atoms with van der Waals surface area (Å²) in [6.45, 7) is 1.21. The number of halogens is 2. The van der Waals surface area contributed by atoms with E-state index < -0.39 is 0 Å². The van der Waals surface area contributed by atoms with Crippen molar-refractivity contribution in [3.8, 4) is 0 Å². The van der Waals surface area contributed by atoms with Crippen molar-refractivity contribution in [1.82, 2.24) is 5.32 Å². The second-order valence-electron chi connectivity index (χ2n) is 3.89. The van der Waals surface area contributed by atoms with Gasteiger partial charge in [-0.25, -0.2) is 4.39 Å². The molecule has 0 aliphatic rings. The van der Waals surface area contributed by atoms with Gasteiger partial charge in [0, 0.05) is 36.6 Å². The Morgan fingerprint density at radius 1 is 1.53 bits per heavy atom. The van der Waals surface area contributed by atoms with Crippen molar-refractivity contribution in [3.05, 3.63) is 34.6 Å². The third kappa shape index (κ3) is 6.27. The van der Waals surface area contributed by atoms with Crippen LogP contribution in [0.15, 0.2) is 18.2 Å². The van der Waals surface area contributed by atoms with Gasteiger partial charge in [-0.3, -0.25) is 4.79 Å². The second-order valence-corrected chi connectivity index (χ2v) is 5.28. The second kappa shape index (κ2) is 9.18. The first kappa shape index (κ1) is 16.3. The van der Waals surface area contributed by atoms with Crippen LogP contribution in [0.4, 0.5) is 4.39 Å². The number of hydrogen-bond acceptors (Lipinski definition) is 3. The maximum atomic E-state index is 13.5. The highest BCUT2D eigenvalue weighted by atomic mass is 35.5. The number of ether oxygens (including phenoxy) is 1. The maximum absolute atomic E-state index is 13.5. The quantitative estimate of drug-likeness (QED) is 0.751. The van der Waals surface area contributed by atoms with Gasteiger partial charge in [0.05, 0.1) is 5.75 Å². The highest BCUT2D eigenvalue weighted by molar-refractivity contribution is 7.99. The average molecular weight is 306 g/mol. The fraction of sp³-hybridized carbons (Fsp3) is 0.462. The molecule has 0 spiro atoms. The molecule has 0 radical (unpaired) electrons. The largest absolute Gasteiger partial charge is 0.385 e. The van der Waals surface area contributed by atoms with Crippen LogP contribution in [0.3, 0.4) is 0 Å². The molecule has 3 nitrogen and oxygen atoms in total. The molecule has 1 amide bonds. The summed E-state index contributed by atoms with van der Waals surface area (Å²) in [5, 5.41) is 3.16. The summed E-state index contributed by atoms with van der Waals surface area (Å²) < 4.78 is 18.3. The number of methoxy groups -OCH3 is 1. The molecule has 0 bridgehead atoms. The van der Waals surface area contributed by atoms with Gasteiger partial charge >= 0.3 is 0 Å². The molecule has 0 saturated heterocycles. The van der Waals surface area contributed by atoms with Crippen LogP contribution < -0.4 is 5.32 Å². The Balaban J connectivity index is 2.24. The van der Waals surface area contributed by atoms with E-state index in [1.807, 2.05) is 0 Å². The fourth-order valence-electron chi connectivity index (χ4n) is 1.41. The average Bonchev–Trinajstić information content (AvgIpc) is 2.38. The monoisotopic (exact) mass is 305 g/mol. The van der Waals surface area contributed by atoms with Gasteiger partial charge in [-0.15, -0.1) is 11.8 Å². The number of carbonyl (C=O) groups is 1. The van der Waals surface area contributed by atoms with E-state index in [1.54, 1.807) is 19.2 Å². The molecular formula is C13H17ClFNO2S. The normalized spacial score (nSPS) is 10.5. The van der Waals surface area contributed by atoms with Crippen molar-refractivity contribution in [2.24, 2.45) is 0 Å². The first-order chi connectivity index (χ1) is 9.15. The number of hydrogen-bond donors (Lipinski definition) is 1. The van der Waals surface area contributed by atoms with E-state index in [9.17, 15) is 9.18 Å². The van der Waals surface area contributed by atoms with Crippen LogP contribution in [0.2, 0.25) is 5.02 Å². The lowest BCUT2D eigenvalue weighted by Gasteiger charge is -2.06. The van der Waals surface area contributed by atoms with Crippen molar-refractivity contribution >= 4 is 29.3 Å². The van der Waals surface area contributed by atoms with Crippen molar-refractivity contribution in [2.75, 3.05) is 26.0 Å². The summed E-state index contributed by atoms with van der Waals surface area (Å²) >= 11 is 7.23. The number of carbonyl (C=O) groups excluding carboxylic acids is 1. The predicted octanol–water partition coefficient (Wildman–Crippen LogP) is 2.87. The highest BCUT2D eigenvalue weighted by Gasteiger charge is 2.08. The smallest absolute Gasteiger partial charge is 0.230 e. The van der Waals surface area contributed by atoms with Gasteiger partial charge in [0.1, 0.15) is 5.82 Å². The number of thioether (sulfide) groups is 1. The molecule has 0 aromatic heterocycles. The van der Waals surface area contributed by atoms with Gasteiger partial charge in [0.25, 0.3) is 0 Å². The minimum Gasteiger partial charge on any atom is -0.385 e. The summed E-state index contributed by atoms with van der Waals surface area (Å²) in [7, 11) is 1.62.